The van der Waals surface area contributed by atoms with E-state index >= 15 is 0 Å². The van der Waals surface area contributed by atoms with Crippen molar-refractivity contribution in [3.05, 3.63) is 47.5 Å². The highest BCUT2D eigenvalue weighted by Gasteiger charge is 2.33. The fraction of sp³-hybridized carbons (Fsp3) is 0.350. The van der Waals surface area contributed by atoms with E-state index in [1.54, 1.807) is 11.4 Å². The predicted octanol–water partition coefficient (Wildman–Crippen LogP) is 2.70. The van der Waals surface area contributed by atoms with Gasteiger partial charge in [-0.25, -0.2) is 9.00 Å². The molecule has 0 spiro atoms. The molecule has 8 heteroatoms. The minimum absolute atomic E-state index is 0.0840. The molecule has 150 valence electrons. The van der Waals surface area contributed by atoms with Crippen molar-refractivity contribution in [2.75, 3.05) is 31.2 Å². The molecule has 0 fully saturated rings. The van der Waals surface area contributed by atoms with Gasteiger partial charge in [0.25, 0.3) is 0 Å². The van der Waals surface area contributed by atoms with E-state index in [9.17, 15) is 9.00 Å². The van der Waals surface area contributed by atoms with Gasteiger partial charge in [0.05, 0.1) is 24.3 Å². The second-order valence-electron chi connectivity index (χ2n) is 6.51. The number of aryl methyl sites for hydroxylation is 2. The highest BCUT2D eigenvalue weighted by Crippen LogP contribution is 2.37. The van der Waals surface area contributed by atoms with Crippen LogP contribution in [0.15, 0.2) is 41.3 Å². The van der Waals surface area contributed by atoms with Crippen molar-refractivity contribution in [2.45, 2.75) is 24.8 Å². The normalized spacial score (nSPS) is 16.8. The second kappa shape index (κ2) is 8.62. The molecule has 0 bridgehead atoms. The summed E-state index contributed by atoms with van der Waals surface area (Å²) in [5, 5.41) is 8.83. The average molecular weight is 405 g/mol. The first kappa shape index (κ1) is 20.2. The number of nitrogens with zero attached hydrogens (tertiary/aromatic N) is 1. The molecule has 1 aliphatic rings. The molecular weight excluding hydrogens is 382 g/mol. The summed E-state index contributed by atoms with van der Waals surface area (Å²) in [7, 11) is 0.0576. The SMILES string of the molecule is COc1cc(C)c(S(=O)N2c3ccccc3OCC2COCC(=O)O)c(C)c1. The van der Waals surface area contributed by atoms with E-state index in [0.717, 1.165) is 11.1 Å². The maximum Gasteiger partial charge on any atom is 0.329 e. The van der Waals surface area contributed by atoms with E-state index in [4.69, 9.17) is 19.3 Å². The molecule has 0 aromatic heterocycles. The molecule has 2 atom stereocenters. The van der Waals surface area contributed by atoms with Crippen LogP contribution in [0.3, 0.4) is 0 Å². The number of para-hydroxylation sites is 2. The Morgan fingerprint density at radius 3 is 2.61 bits per heavy atom. The van der Waals surface area contributed by atoms with E-state index in [0.29, 0.717) is 22.1 Å². The van der Waals surface area contributed by atoms with Crippen LogP contribution >= 0.6 is 0 Å². The van der Waals surface area contributed by atoms with Gasteiger partial charge < -0.3 is 19.3 Å². The summed E-state index contributed by atoms with van der Waals surface area (Å²) in [6, 6.07) is 10.7. The quantitative estimate of drug-likeness (QED) is 0.762. The molecular formula is C20H23NO6S. The third-order valence-electron chi connectivity index (χ3n) is 4.42. The van der Waals surface area contributed by atoms with Crippen molar-refractivity contribution < 1.29 is 28.3 Å². The van der Waals surface area contributed by atoms with Crippen molar-refractivity contribution in [1.82, 2.24) is 0 Å². The molecule has 1 heterocycles. The van der Waals surface area contributed by atoms with Crippen LogP contribution in [0.4, 0.5) is 5.69 Å². The maximum absolute atomic E-state index is 13.7. The van der Waals surface area contributed by atoms with Crippen molar-refractivity contribution in [1.29, 1.82) is 0 Å². The average Bonchev–Trinajstić information content (AvgIpc) is 2.66. The minimum atomic E-state index is -1.54. The van der Waals surface area contributed by atoms with Crippen LogP contribution < -0.4 is 13.8 Å². The zero-order chi connectivity index (χ0) is 20.3. The first-order valence-corrected chi connectivity index (χ1v) is 9.90. The highest BCUT2D eigenvalue weighted by molar-refractivity contribution is 7.86. The smallest absolute Gasteiger partial charge is 0.329 e. The topological polar surface area (TPSA) is 85.3 Å². The van der Waals surface area contributed by atoms with Gasteiger partial charge in [-0.2, -0.15) is 0 Å². The van der Waals surface area contributed by atoms with Gasteiger partial charge in [0, 0.05) is 0 Å². The van der Waals surface area contributed by atoms with Gasteiger partial charge in [0.15, 0.2) is 11.0 Å². The first-order valence-electron chi connectivity index (χ1n) is 8.80. The molecule has 2 aromatic carbocycles. The molecule has 28 heavy (non-hydrogen) atoms. The Morgan fingerprint density at radius 1 is 1.29 bits per heavy atom. The molecule has 2 unspecified atom stereocenters. The number of hydrogen-bond acceptors (Lipinski definition) is 5. The Bertz CT molecular complexity index is 877. The molecule has 2 aromatic rings. The second-order valence-corrected chi connectivity index (χ2v) is 7.81. The lowest BCUT2D eigenvalue weighted by Crippen LogP contribution is -2.47. The zero-order valence-electron chi connectivity index (χ0n) is 16.0. The van der Waals surface area contributed by atoms with Crippen molar-refractivity contribution >= 4 is 22.6 Å². The number of benzene rings is 2. The van der Waals surface area contributed by atoms with Gasteiger partial charge in [0.1, 0.15) is 30.8 Å². The van der Waals surface area contributed by atoms with Crippen molar-refractivity contribution in [3.63, 3.8) is 0 Å². The van der Waals surface area contributed by atoms with Crippen LogP contribution in [-0.4, -0.2) is 48.3 Å². The lowest BCUT2D eigenvalue weighted by Gasteiger charge is -2.37. The van der Waals surface area contributed by atoms with Crippen LogP contribution in [-0.2, 0) is 20.5 Å². The Labute approximate surface area is 166 Å². The Morgan fingerprint density at radius 2 is 1.96 bits per heavy atom. The molecule has 0 aliphatic carbocycles. The Hall–Kier alpha value is -2.58. The summed E-state index contributed by atoms with van der Waals surface area (Å²) in [5.74, 6) is 0.292. The number of hydrogen-bond donors (Lipinski definition) is 1. The summed E-state index contributed by atoms with van der Waals surface area (Å²) in [6.45, 7) is 3.70. The number of aliphatic carboxylic acids is 1. The van der Waals surface area contributed by atoms with E-state index in [1.165, 1.54) is 0 Å². The molecule has 1 N–H and O–H groups in total. The fourth-order valence-corrected chi connectivity index (χ4v) is 4.82. The van der Waals surface area contributed by atoms with Gasteiger partial charge >= 0.3 is 5.97 Å². The van der Waals surface area contributed by atoms with E-state index in [2.05, 4.69) is 0 Å². The largest absolute Gasteiger partial charge is 0.497 e. The Balaban J connectivity index is 1.99. The van der Waals surface area contributed by atoms with Crippen LogP contribution in [0, 0.1) is 13.8 Å². The van der Waals surface area contributed by atoms with Crippen LogP contribution in [0.5, 0.6) is 11.5 Å². The fourth-order valence-electron chi connectivity index (χ4n) is 3.24. The number of anilines is 1. The van der Waals surface area contributed by atoms with Gasteiger partial charge in [-0.1, -0.05) is 12.1 Å². The van der Waals surface area contributed by atoms with Crippen molar-refractivity contribution in [2.24, 2.45) is 0 Å². The highest BCUT2D eigenvalue weighted by atomic mass is 32.2. The molecule has 0 amide bonds. The molecule has 0 radical (unpaired) electrons. The monoisotopic (exact) mass is 405 g/mol. The van der Waals surface area contributed by atoms with E-state index in [1.807, 2.05) is 50.2 Å². The van der Waals surface area contributed by atoms with E-state index in [-0.39, 0.29) is 13.2 Å². The number of rotatable bonds is 7. The van der Waals surface area contributed by atoms with Gasteiger partial charge in [-0.15, -0.1) is 0 Å². The van der Waals surface area contributed by atoms with Gasteiger partial charge in [-0.3, -0.25) is 4.31 Å². The first-order chi connectivity index (χ1) is 13.4. The molecule has 3 rings (SSSR count). The van der Waals surface area contributed by atoms with Crippen LogP contribution in [0.1, 0.15) is 11.1 Å². The zero-order valence-corrected chi connectivity index (χ0v) is 16.8. The number of methoxy groups -OCH3 is 1. The number of ether oxygens (including phenoxy) is 3. The predicted molar refractivity (Wildman–Crippen MR) is 106 cm³/mol. The summed E-state index contributed by atoms with van der Waals surface area (Å²) in [4.78, 5) is 11.5. The molecule has 1 aliphatic heterocycles. The van der Waals surface area contributed by atoms with Crippen LogP contribution in [0.25, 0.3) is 0 Å². The number of carboxylic acids is 1. The number of carbonyl (C=O) groups is 1. The standard InChI is InChI=1S/C20H23NO6S/c1-13-8-16(25-3)9-14(2)20(13)28(24)21-15(10-26-12-19(22)23)11-27-18-7-5-4-6-17(18)21/h4-9,15H,10-12H2,1-3H3,(H,22,23). The minimum Gasteiger partial charge on any atom is -0.497 e. The Kier molecular flexibility index (Phi) is 6.21. The van der Waals surface area contributed by atoms with Crippen molar-refractivity contribution in [3.8, 4) is 11.5 Å². The summed E-state index contributed by atoms with van der Waals surface area (Å²) >= 11 is 0. The van der Waals surface area contributed by atoms with E-state index < -0.39 is 29.6 Å². The van der Waals surface area contributed by atoms with Gasteiger partial charge in [0.2, 0.25) is 0 Å². The number of carboxylic acid groups (broad SMARTS) is 1. The molecule has 0 saturated carbocycles. The third-order valence-corrected chi connectivity index (χ3v) is 6.27. The van der Waals surface area contributed by atoms with Crippen LogP contribution in [0.2, 0.25) is 0 Å². The summed E-state index contributed by atoms with van der Waals surface area (Å²) in [5.41, 5.74) is 2.39. The summed E-state index contributed by atoms with van der Waals surface area (Å²) < 4.78 is 31.8. The lowest BCUT2D eigenvalue weighted by molar-refractivity contribution is -0.142. The molecule has 7 nitrogen and oxygen atoms in total. The third kappa shape index (κ3) is 4.13. The maximum atomic E-state index is 13.7. The summed E-state index contributed by atoms with van der Waals surface area (Å²) in [6.07, 6.45) is 0. The van der Waals surface area contributed by atoms with Gasteiger partial charge in [-0.05, 0) is 49.2 Å². The molecule has 0 saturated heterocycles. The number of fused-ring (bicyclic) bond motifs is 1. The lowest BCUT2D eigenvalue weighted by atomic mass is 10.1.